The third kappa shape index (κ3) is 2.34. The lowest BCUT2D eigenvalue weighted by atomic mass is 9.91. The second-order valence-electron chi connectivity index (χ2n) is 4.27. The van der Waals surface area contributed by atoms with Gasteiger partial charge in [0.1, 0.15) is 5.69 Å². The molecule has 1 aliphatic rings. The predicted octanol–water partition coefficient (Wildman–Crippen LogP) is 1.09. The summed E-state index contributed by atoms with van der Waals surface area (Å²) in [5, 5.41) is 7.44. The van der Waals surface area contributed by atoms with Crippen LogP contribution in [0.25, 0.3) is 0 Å². The first-order valence-electron chi connectivity index (χ1n) is 6.12. The number of carbonyl (C=O) groups is 1. The molecule has 5 nitrogen and oxygen atoms in total. The van der Waals surface area contributed by atoms with E-state index in [1.807, 2.05) is 6.92 Å². The standard InChI is InChI=1S/C12H19N3O2/c1-3-15-11(10(17-2)8-14-15)12(16)9-4-6-13-7-5-9/h8-9,13H,3-7H2,1-2H3. The lowest BCUT2D eigenvalue weighted by Gasteiger charge is -2.21. The van der Waals surface area contributed by atoms with Gasteiger partial charge in [0, 0.05) is 12.5 Å². The van der Waals surface area contributed by atoms with Crippen LogP contribution >= 0.6 is 0 Å². The van der Waals surface area contributed by atoms with Crippen molar-refractivity contribution in [1.82, 2.24) is 15.1 Å². The van der Waals surface area contributed by atoms with Crippen molar-refractivity contribution < 1.29 is 9.53 Å². The van der Waals surface area contributed by atoms with E-state index in [9.17, 15) is 4.79 Å². The molecule has 1 aromatic heterocycles. The van der Waals surface area contributed by atoms with E-state index >= 15 is 0 Å². The normalized spacial score (nSPS) is 17.1. The van der Waals surface area contributed by atoms with Gasteiger partial charge < -0.3 is 10.1 Å². The molecule has 17 heavy (non-hydrogen) atoms. The largest absolute Gasteiger partial charge is 0.493 e. The Morgan fingerprint density at radius 1 is 1.59 bits per heavy atom. The third-order valence-corrected chi connectivity index (χ3v) is 3.27. The smallest absolute Gasteiger partial charge is 0.187 e. The summed E-state index contributed by atoms with van der Waals surface area (Å²) < 4.78 is 6.95. The topological polar surface area (TPSA) is 56.2 Å². The highest BCUT2D eigenvalue weighted by molar-refractivity contribution is 5.98. The highest BCUT2D eigenvalue weighted by Crippen LogP contribution is 2.25. The highest BCUT2D eigenvalue weighted by atomic mass is 16.5. The average Bonchev–Trinajstić information content (AvgIpc) is 2.81. The molecule has 1 fully saturated rings. The summed E-state index contributed by atoms with van der Waals surface area (Å²) in [6.45, 7) is 4.50. The summed E-state index contributed by atoms with van der Waals surface area (Å²) in [7, 11) is 1.58. The molecule has 94 valence electrons. The molecule has 0 atom stereocenters. The quantitative estimate of drug-likeness (QED) is 0.797. The molecule has 1 N–H and O–H groups in total. The van der Waals surface area contributed by atoms with Gasteiger partial charge in [0.25, 0.3) is 0 Å². The number of carbonyl (C=O) groups excluding carboxylic acids is 1. The first kappa shape index (κ1) is 12.1. The van der Waals surface area contributed by atoms with E-state index in [-0.39, 0.29) is 11.7 Å². The maximum atomic E-state index is 12.5. The van der Waals surface area contributed by atoms with Crippen molar-refractivity contribution in [2.45, 2.75) is 26.3 Å². The summed E-state index contributed by atoms with van der Waals surface area (Å²) in [6.07, 6.45) is 3.42. The van der Waals surface area contributed by atoms with Gasteiger partial charge in [-0.2, -0.15) is 5.10 Å². The van der Waals surface area contributed by atoms with Crippen molar-refractivity contribution in [3.63, 3.8) is 0 Å². The Kier molecular flexibility index (Phi) is 3.78. The molecule has 0 saturated carbocycles. The van der Waals surface area contributed by atoms with E-state index in [1.54, 1.807) is 18.0 Å². The molecule has 5 heteroatoms. The molecule has 1 aliphatic heterocycles. The van der Waals surface area contributed by atoms with E-state index in [0.717, 1.165) is 25.9 Å². The second-order valence-corrected chi connectivity index (χ2v) is 4.27. The molecule has 2 heterocycles. The fourth-order valence-electron chi connectivity index (χ4n) is 2.28. The Morgan fingerprint density at radius 2 is 2.29 bits per heavy atom. The van der Waals surface area contributed by atoms with Gasteiger partial charge in [-0.15, -0.1) is 0 Å². The van der Waals surface area contributed by atoms with Crippen molar-refractivity contribution in [2.24, 2.45) is 5.92 Å². The number of ether oxygens (including phenoxy) is 1. The number of ketones is 1. The van der Waals surface area contributed by atoms with Crippen LogP contribution in [0.2, 0.25) is 0 Å². The Bertz CT molecular complexity index is 373. The van der Waals surface area contributed by atoms with Crippen molar-refractivity contribution >= 4 is 5.78 Å². The molecule has 0 unspecified atom stereocenters. The van der Waals surface area contributed by atoms with Crippen LogP contribution in [0.1, 0.15) is 30.3 Å². The number of piperidine rings is 1. The molecular formula is C12H19N3O2. The van der Waals surface area contributed by atoms with E-state index in [0.29, 0.717) is 18.0 Å². The van der Waals surface area contributed by atoms with Gasteiger partial charge in [-0.1, -0.05) is 0 Å². The number of hydrogen-bond donors (Lipinski definition) is 1. The minimum atomic E-state index is 0.104. The number of nitrogens with zero attached hydrogens (tertiary/aromatic N) is 2. The Balaban J connectivity index is 2.24. The van der Waals surface area contributed by atoms with Crippen LogP contribution in [0, 0.1) is 5.92 Å². The number of Topliss-reactive ketones (excluding diaryl/α,β-unsaturated/α-hetero) is 1. The SMILES string of the molecule is CCn1ncc(OC)c1C(=O)C1CCNCC1. The molecule has 1 aromatic rings. The summed E-state index contributed by atoms with van der Waals surface area (Å²) in [6, 6.07) is 0. The number of methoxy groups -OCH3 is 1. The molecule has 0 spiro atoms. The first-order valence-corrected chi connectivity index (χ1v) is 6.12. The molecule has 0 radical (unpaired) electrons. The average molecular weight is 237 g/mol. The van der Waals surface area contributed by atoms with Crippen LogP contribution in [0.5, 0.6) is 5.75 Å². The summed E-state index contributed by atoms with van der Waals surface area (Å²) in [5.74, 6) is 0.866. The summed E-state index contributed by atoms with van der Waals surface area (Å²) >= 11 is 0. The number of aromatic nitrogens is 2. The van der Waals surface area contributed by atoms with Gasteiger partial charge in [-0.25, -0.2) is 0 Å². The number of nitrogens with one attached hydrogen (secondary N) is 1. The number of aryl methyl sites for hydroxylation is 1. The van der Waals surface area contributed by atoms with E-state index in [1.165, 1.54) is 0 Å². The maximum absolute atomic E-state index is 12.5. The number of rotatable bonds is 4. The third-order valence-electron chi connectivity index (χ3n) is 3.27. The van der Waals surface area contributed by atoms with Gasteiger partial charge in [-0.3, -0.25) is 9.48 Å². The highest BCUT2D eigenvalue weighted by Gasteiger charge is 2.27. The minimum absolute atomic E-state index is 0.104. The van der Waals surface area contributed by atoms with Gasteiger partial charge in [-0.05, 0) is 32.9 Å². The molecular weight excluding hydrogens is 218 g/mol. The summed E-state index contributed by atoms with van der Waals surface area (Å²) in [4.78, 5) is 12.5. The van der Waals surface area contributed by atoms with Crippen molar-refractivity contribution in [3.05, 3.63) is 11.9 Å². The molecule has 0 amide bonds. The van der Waals surface area contributed by atoms with E-state index in [4.69, 9.17) is 4.74 Å². The van der Waals surface area contributed by atoms with Crippen LogP contribution in [-0.2, 0) is 6.54 Å². The number of hydrogen-bond acceptors (Lipinski definition) is 4. The predicted molar refractivity (Wildman–Crippen MR) is 64.4 cm³/mol. The van der Waals surface area contributed by atoms with E-state index in [2.05, 4.69) is 10.4 Å². The van der Waals surface area contributed by atoms with E-state index < -0.39 is 0 Å². The van der Waals surface area contributed by atoms with Crippen LogP contribution in [0.4, 0.5) is 0 Å². The maximum Gasteiger partial charge on any atom is 0.187 e. The second kappa shape index (κ2) is 5.31. The zero-order valence-electron chi connectivity index (χ0n) is 10.4. The minimum Gasteiger partial charge on any atom is -0.493 e. The zero-order chi connectivity index (χ0) is 12.3. The monoisotopic (exact) mass is 237 g/mol. The summed E-state index contributed by atoms with van der Waals surface area (Å²) in [5.41, 5.74) is 0.627. The molecule has 2 rings (SSSR count). The molecule has 0 bridgehead atoms. The van der Waals surface area contributed by atoms with Crippen LogP contribution < -0.4 is 10.1 Å². The van der Waals surface area contributed by atoms with Gasteiger partial charge in [0.15, 0.2) is 11.5 Å². The molecule has 0 aliphatic carbocycles. The van der Waals surface area contributed by atoms with Crippen LogP contribution in [-0.4, -0.2) is 35.8 Å². The molecule has 1 saturated heterocycles. The van der Waals surface area contributed by atoms with Crippen molar-refractivity contribution in [2.75, 3.05) is 20.2 Å². The Hall–Kier alpha value is -1.36. The lowest BCUT2D eigenvalue weighted by Crippen LogP contribution is -2.32. The fraction of sp³-hybridized carbons (Fsp3) is 0.667. The molecule has 0 aromatic carbocycles. The first-order chi connectivity index (χ1) is 8.27. The van der Waals surface area contributed by atoms with Crippen molar-refractivity contribution in [3.8, 4) is 5.75 Å². The Morgan fingerprint density at radius 3 is 2.88 bits per heavy atom. The fourth-order valence-corrected chi connectivity index (χ4v) is 2.28. The van der Waals surface area contributed by atoms with Gasteiger partial charge in [0.2, 0.25) is 0 Å². The van der Waals surface area contributed by atoms with Gasteiger partial charge in [0.05, 0.1) is 13.3 Å². The van der Waals surface area contributed by atoms with Crippen LogP contribution in [0.15, 0.2) is 6.20 Å². The van der Waals surface area contributed by atoms with Crippen molar-refractivity contribution in [1.29, 1.82) is 0 Å². The van der Waals surface area contributed by atoms with Gasteiger partial charge >= 0.3 is 0 Å². The lowest BCUT2D eigenvalue weighted by molar-refractivity contribution is 0.0880. The zero-order valence-corrected chi connectivity index (χ0v) is 10.4. The Labute approximate surface area is 101 Å². The van der Waals surface area contributed by atoms with Crippen LogP contribution in [0.3, 0.4) is 0 Å².